The summed E-state index contributed by atoms with van der Waals surface area (Å²) in [6, 6.07) is 18.6. The third kappa shape index (κ3) is 8.34. The molecule has 6 atom stereocenters. The molecule has 0 bridgehead atoms. The summed E-state index contributed by atoms with van der Waals surface area (Å²) in [6.45, 7) is 11.7. The Morgan fingerprint density at radius 1 is 0.897 bits per heavy atom. The van der Waals surface area contributed by atoms with Crippen molar-refractivity contribution in [1.29, 1.82) is 0 Å². The fourth-order valence-corrected chi connectivity index (χ4v) is 5.56. The summed E-state index contributed by atoms with van der Waals surface area (Å²) in [6.07, 6.45) is -3.50. The number of methoxy groups -OCH3 is 1. The lowest BCUT2D eigenvalue weighted by atomic mass is 9.95. The summed E-state index contributed by atoms with van der Waals surface area (Å²) >= 11 is 0. The number of benzene rings is 2. The lowest BCUT2D eigenvalue weighted by molar-refractivity contribution is -0.303. The third-order valence-corrected chi connectivity index (χ3v) is 8.66. The van der Waals surface area contributed by atoms with E-state index in [-0.39, 0.29) is 6.61 Å². The van der Waals surface area contributed by atoms with Gasteiger partial charge < -0.3 is 38.3 Å². The van der Waals surface area contributed by atoms with Crippen molar-refractivity contribution in [3.63, 3.8) is 0 Å². The molecule has 2 aromatic rings. The van der Waals surface area contributed by atoms with Gasteiger partial charge in [0.1, 0.15) is 36.3 Å². The number of aliphatic hydroxyl groups excluding tert-OH is 1. The first kappa shape index (κ1) is 30.1. The van der Waals surface area contributed by atoms with Gasteiger partial charge in [0.2, 0.25) is 0 Å². The van der Waals surface area contributed by atoms with E-state index in [1.807, 2.05) is 68.4 Å². The molecular weight excluding hydrogens is 516 g/mol. The summed E-state index contributed by atoms with van der Waals surface area (Å²) in [5.41, 5.74) is 1.98. The molecule has 2 aliphatic rings. The van der Waals surface area contributed by atoms with E-state index in [4.69, 9.17) is 33.2 Å². The van der Waals surface area contributed by atoms with E-state index in [9.17, 15) is 5.11 Å². The Hall–Kier alpha value is -1.82. The molecule has 9 heteroatoms. The van der Waals surface area contributed by atoms with Crippen LogP contribution in [0.25, 0.3) is 0 Å². The van der Waals surface area contributed by atoms with Crippen molar-refractivity contribution in [2.45, 2.75) is 95.3 Å². The molecule has 0 spiro atoms. The van der Waals surface area contributed by atoms with E-state index in [1.165, 1.54) is 0 Å². The molecule has 0 unspecified atom stereocenters. The summed E-state index contributed by atoms with van der Waals surface area (Å²) in [4.78, 5) is 0. The van der Waals surface area contributed by atoms with E-state index >= 15 is 0 Å². The Kier molecular flexibility index (Phi) is 10.2. The molecule has 0 amide bonds. The smallest absolute Gasteiger partial charge is 0.187 e. The predicted octanol–water partition coefficient (Wildman–Crippen LogP) is 4.76. The van der Waals surface area contributed by atoms with Gasteiger partial charge in [-0.3, -0.25) is 0 Å². The molecule has 39 heavy (non-hydrogen) atoms. The molecule has 8 nitrogen and oxygen atoms in total. The van der Waals surface area contributed by atoms with Crippen molar-refractivity contribution in [2.24, 2.45) is 0 Å². The fraction of sp³-hybridized carbons (Fsp3) is 0.600. The van der Waals surface area contributed by atoms with Crippen LogP contribution in [0, 0.1) is 0 Å². The normalized spacial score (nSPS) is 27.2. The standard InChI is InChI=1S/C30H44O8Si/c1-30(2)37-27-26(35-20-22-12-14-23(32-3)15-13-22)25(24(18-31)34-19-21-10-8-7-9-11-21)36-29(28(27)38-30)33-16-17-39(4,5)6/h7-15,24-29,31H,16-20H2,1-6H3/t24-,25+,26+,27-,28-,29-/m0/s1. The first-order chi connectivity index (χ1) is 18.6. The zero-order chi connectivity index (χ0) is 28.0. The SMILES string of the molecule is COc1ccc(CO[C@H]2[C@@H]3OC(C)(C)O[C@@H]3[C@@H](OCC[Si](C)(C)C)O[C@@H]2[C@H](CO)OCc2ccccc2)cc1. The number of ether oxygens (including phenoxy) is 7. The van der Waals surface area contributed by atoms with Crippen LogP contribution in [0.4, 0.5) is 0 Å². The zero-order valence-corrected chi connectivity index (χ0v) is 25.0. The van der Waals surface area contributed by atoms with Crippen LogP contribution in [-0.2, 0) is 41.6 Å². The van der Waals surface area contributed by atoms with Crippen LogP contribution in [0.5, 0.6) is 5.75 Å². The van der Waals surface area contributed by atoms with Crippen LogP contribution < -0.4 is 4.74 Å². The van der Waals surface area contributed by atoms with Crippen molar-refractivity contribution in [3.05, 3.63) is 65.7 Å². The largest absolute Gasteiger partial charge is 0.497 e. The van der Waals surface area contributed by atoms with E-state index < -0.39 is 50.7 Å². The molecule has 2 fully saturated rings. The van der Waals surface area contributed by atoms with Crippen LogP contribution in [-0.4, -0.2) is 76.1 Å². The van der Waals surface area contributed by atoms with E-state index in [0.717, 1.165) is 22.9 Å². The molecule has 1 N–H and O–H groups in total. The first-order valence-corrected chi connectivity index (χ1v) is 17.4. The van der Waals surface area contributed by atoms with Crippen molar-refractivity contribution < 1.29 is 38.3 Å². The first-order valence-electron chi connectivity index (χ1n) is 13.7. The van der Waals surface area contributed by atoms with Gasteiger partial charge in [-0.15, -0.1) is 0 Å². The molecule has 0 aliphatic carbocycles. The van der Waals surface area contributed by atoms with Gasteiger partial charge in [-0.05, 0) is 43.2 Å². The Labute approximate surface area is 233 Å². The summed E-state index contributed by atoms with van der Waals surface area (Å²) in [5.74, 6) is -0.0603. The highest BCUT2D eigenvalue weighted by Gasteiger charge is 2.58. The number of aliphatic hydroxyl groups is 1. The molecular formula is C30H44O8Si. The highest BCUT2D eigenvalue weighted by Crippen LogP contribution is 2.40. The van der Waals surface area contributed by atoms with Gasteiger partial charge in [0.15, 0.2) is 12.1 Å². The molecule has 2 aliphatic heterocycles. The molecule has 2 saturated heterocycles. The molecule has 0 aromatic heterocycles. The quantitative estimate of drug-likeness (QED) is 0.351. The number of fused-ring (bicyclic) bond motifs is 1. The van der Waals surface area contributed by atoms with E-state index in [0.29, 0.717) is 19.8 Å². The van der Waals surface area contributed by atoms with E-state index in [1.54, 1.807) is 7.11 Å². The maximum atomic E-state index is 10.4. The second kappa shape index (κ2) is 13.2. The lowest BCUT2D eigenvalue weighted by Crippen LogP contribution is -2.62. The van der Waals surface area contributed by atoms with Gasteiger partial charge >= 0.3 is 0 Å². The maximum Gasteiger partial charge on any atom is 0.187 e. The highest BCUT2D eigenvalue weighted by molar-refractivity contribution is 6.76. The van der Waals surface area contributed by atoms with Crippen LogP contribution in [0.3, 0.4) is 0 Å². The van der Waals surface area contributed by atoms with Gasteiger partial charge in [0, 0.05) is 14.7 Å². The second-order valence-corrected chi connectivity index (χ2v) is 17.5. The van der Waals surface area contributed by atoms with Crippen LogP contribution in [0.15, 0.2) is 54.6 Å². The van der Waals surface area contributed by atoms with Crippen molar-refractivity contribution in [1.82, 2.24) is 0 Å². The van der Waals surface area contributed by atoms with Crippen molar-refractivity contribution >= 4 is 8.07 Å². The number of hydrogen-bond donors (Lipinski definition) is 1. The predicted molar refractivity (Wildman–Crippen MR) is 150 cm³/mol. The Morgan fingerprint density at radius 2 is 1.56 bits per heavy atom. The van der Waals surface area contributed by atoms with Gasteiger partial charge in [0.25, 0.3) is 0 Å². The summed E-state index contributed by atoms with van der Waals surface area (Å²) in [7, 11) is 0.319. The topological polar surface area (TPSA) is 84.8 Å². The number of rotatable bonds is 13. The molecule has 216 valence electrons. The summed E-state index contributed by atoms with van der Waals surface area (Å²) in [5, 5.41) is 10.4. The Morgan fingerprint density at radius 3 is 2.21 bits per heavy atom. The van der Waals surface area contributed by atoms with Gasteiger partial charge in [-0.2, -0.15) is 0 Å². The van der Waals surface area contributed by atoms with Crippen molar-refractivity contribution in [2.75, 3.05) is 20.3 Å². The van der Waals surface area contributed by atoms with Crippen LogP contribution >= 0.6 is 0 Å². The molecule has 2 aromatic carbocycles. The number of hydrogen-bond acceptors (Lipinski definition) is 8. The van der Waals surface area contributed by atoms with Crippen LogP contribution in [0.1, 0.15) is 25.0 Å². The zero-order valence-electron chi connectivity index (χ0n) is 24.0. The minimum atomic E-state index is -1.32. The molecule has 0 saturated carbocycles. The van der Waals surface area contributed by atoms with Crippen molar-refractivity contribution in [3.8, 4) is 5.75 Å². The minimum Gasteiger partial charge on any atom is -0.497 e. The lowest BCUT2D eigenvalue weighted by Gasteiger charge is -2.44. The molecule has 0 radical (unpaired) electrons. The van der Waals surface area contributed by atoms with E-state index in [2.05, 4.69) is 19.6 Å². The minimum absolute atomic E-state index is 0.247. The monoisotopic (exact) mass is 560 g/mol. The average Bonchev–Trinajstić information content (AvgIpc) is 3.24. The summed E-state index contributed by atoms with van der Waals surface area (Å²) < 4.78 is 43.5. The van der Waals surface area contributed by atoms with Gasteiger partial charge in [-0.1, -0.05) is 62.1 Å². The van der Waals surface area contributed by atoms with Gasteiger partial charge in [-0.25, -0.2) is 0 Å². The molecule has 4 rings (SSSR count). The van der Waals surface area contributed by atoms with Crippen LogP contribution in [0.2, 0.25) is 25.7 Å². The average molecular weight is 561 g/mol. The fourth-order valence-electron chi connectivity index (χ4n) is 4.83. The van der Waals surface area contributed by atoms with Gasteiger partial charge in [0.05, 0.1) is 26.9 Å². The Bertz CT molecular complexity index is 1010. The highest BCUT2D eigenvalue weighted by atomic mass is 28.3. The third-order valence-electron chi connectivity index (χ3n) is 6.96. The molecule has 2 heterocycles. The maximum absolute atomic E-state index is 10.4. The Balaban J connectivity index is 1.56. The second-order valence-electron chi connectivity index (χ2n) is 11.9.